The summed E-state index contributed by atoms with van der Waals surface area (Å²) in [5.41, 5.74) is 1.30. The number of halogens is 2. The maximum atomic E-state index is 6.17. The predicted octanol–water partition coefficient (Wildman–Crippen LogP) is 4.13. The molecule has 2 rings (SSSR count). The van der Waals surface area contributed by atoms with Gasteiger partial charge in [0.1, 0.15) is 0 Å². The number of rotatable bonds is 5. The summed E-state index contributed by atoms with van der Waals surface area (Å²) >= 11 is 12.2. The Balaban J connectivity index is 2.17. The van der Waals surface area contributed by atoms with Gasteiger partial charge in [0.2, 0.25) is 0 Å². The van der Waals surface area contributed by atoms with E-state index in [2.05, 4.69) is 23.2 Å². The Hall–Kier alpha value is -0.280. The lowest BCUT2D eigenvalue weighted by Crippen LogP contribution is -2.45. The third kappa shape index (κ3) is 4.09. The van der Waals surface area contributed by atoms with Gasteiger partial charge in [-0.05, 0) is 24.1 Å². The van der Waals surface area contributed by atoms with E-state index in [9.17, 15) is 0 Å². The van der Waals surface area contributed by atoms with Crippen LogP contribution in [0.1, 0.15) is 37.8 Å². The summed E-state index contributed by atoms with van der Waals surface area (Å²) in [6.45, 7) is 6.60. The second kappa shape index (κ2) is 7.49. The first-order chi connectivity index (χ1) is 9.22. The Bertz CT molecular complexity index is 403. The van der Waals surface area contributed by atoms with Gasteiger partial charge in [-0.2, -0.15) is 0 Å². The van der Waals surface area contributed by atoms with Gasteiger partial charge in [-0.15, -0.1) is 0 Å². The van der Waals surface area contributed by atoms with Gasteiger partial charge in [0.15, 0.2) is 0 Å². The fraction of sp³-hybridized carbons (Fsp3) is 0.600. The summed E-state index contributed by atoms with van der Waals surface area (Å²) in [6, 6.07) is 6.54. The highest BCUT2D eigenvalue weighted by atomic mass is 35.5. The Morgan fingerprint density at radius 1 is 1.21 bits per heavy atom. The van der Waals surface area contributed by atoms with Crippen molar-refractivity contribution in [2.24, 2.45) is 0 Å². The SMILES string of the molecule is CCCCC(c1ccc(Cl)c(Cl)c1)N1CCNCC1. The van der Waals surface area contributed by atoms with Crippen LogP contribution in [0.2, 0.25) is 10.0 Å². The summed E-state index contributed by atoms with van der Waals surface area (Å²) in [7, 11) is 0. The quantitative estimate of drug-likeness (QED) is 0.879. The number of benzene rings is 1. The van der Waals surface area contributed by atoms with Gasteiger partial charge in [-0.1, -0.05) is 49.0 Å². The van der Waals surface area contributed by atoms with Crippen LogP contribution in [-0.2, 0) is 0 Å². The molecule has 0 spiro atoms. The van der Waals surface area contributed by atoms with E-state index in [0.29, 0.717) is 16.1 Å². The maximum absolute atomic E-state index is 6.17. The van der Waals surface area contributed by atoms with Gasteiger partial charge in [0.25, 0.3) is 0 Å². The second-order valence-corrected chi connectivity index (χ2v) is 5.93. The standard InChI is InChI=1S/C15H22Cl2N2/c1-2-3-4-15(19-9-7-18-8-10-19)12-5-6-13(16)14(17)11-12/h5-6,11,15,18H,2-4,7-10H2,1H3. The molecule has 2 nitrogen and oxygen atoms in total. The minimum Gasteiger partial charge on any atom is -0.314 e. The van der Waals surface area contributed by atoms with Crippen molar-refractivity contribution >= 4 is 23.2 Å². The predicted molar refractivity (Wildman–Crippen MR) is 83.2 cm³/mol. The van der Waals surface area contributed by atoms with Crippen LogP contribution in [0, 0.1) is 0 Å². The van der Waals surface area contributed by atoms with Crippen LogP contribution in [0.5, 0.6) is 0 Å². The number of nitrogens with one attached hydrogen (secondary N) is 1. The average Bonchev–Trinajstić information content (AvgIpc) is 2.44. The molecule has 0 aliphatic carbocycles. The highest BCUT2D eigenvalue weighted by Crippen LogP contribution is 2.31. The van der Waals surface area contributed by atoms with Gasteiger partial charge in [-0.25, -0.2) is 0 Å². The van der Waals surface area contributed by atoms with Crippen molar-refractivity contribution in [1.82, 2.24) is 10.2 Å². The molecule has 1 saturated heterocycles. The molecule has 1 aliphatic heterocycles. The van der Waals surface area contributed by atoms with Crippen molar-refractivity contribution in [1.29, 1.82) is 0 Å². The van der Waals surface area contributed by atoms with E-state index in [1.54, 1.807) is 0 Å². The molecule has 1 atom stereocenters. The molecule has 1 heterocycles. The lowest BCUT2D eigenvalue weighted by Gasteiger charge is -2.35. The highest BCUT2D eigenvalue weighted by Gasteiger charge is 2.22. The van der Waals surface area contributed by atoms with Gasteiger partial charge in [-0.3, -0.25) is 4.90 Å². The molecule has 19 heavy (non-hydrogen) atoms. The van der Waals surface area contributed by atoms with E-state index < -0.39 is 0 Å². The lowest BCUT2D eigenvalue weighted by molar-refractivity contribution is 0.163. The first-order valence-electron chi connectivity index (χ1n) is 7.12. The average molecular weight is 301 g/mol. The Labute approximate surface area is 126 Å². The number of nitrogens with zero attached hydrogens (tertiary/aromatic N) is 1. The van der Waals surface area contributed by atoms with E-state index in [4.69, 9.17) is 23.2 Å². The molecule has 1 aromatic rings. The Kier molecular flexibility index (Phi) is 5.96. The van der Waals surface area contributed by atoms with E-state index >= 15 is 0 Å². The molecule has 1 fully saturated rings. The molecule has 0 aromatic heterocycles. The van der Waals surface area contributed by atoms with Gasteiger partial charge in [0.05, 0.1) is 10.0 Å². The zero-order valence-electron chi connectivity index (χ0n) is 11.5. The molecule has 1 unspecified atom stereocenters. The first-order valence-corrected chi connectivity index (χ1v) is 7.87. The topological polar surface area (TPSA) is 15.3 Å². The molecule has 0 radical (unpaired) electrons. The number of hydrogen-bond donors (Lipinski definition) is 1. The van der Waals surface area contributed by atoms with Crippen LogP contribution in [0.25, 0.3) is 0 Å². The smallest absolute Gasteiger partial charge is 0.0595 e. The van der Waals surface area contributed by atoms with Crippen LogP contribution in [0.4, 0.5) is 0 Å². The number of piperazine rings is 1. The third-order valence-electron chi connectivity index (χ3n) is 3.75. The second-order valence-electron chi connectivity index (χ2n) is 5.12. The van der Waals surface area contributed by atoms with Crippen LogP contribution in [-0.4, -0.2) is 31.1 Å². The monoisotopic (exact) mass is 300 g/mol. The van der Waals surface area contributed by atoms with Crippen LogP contribution >= 0.6 is 23.2 Å². The third-order valence-corrected chi connectivity index (χ3v) is 4.49. The van der Waals surface area contributed by atoms with E-state index in [1.807, 2.05) is 12.1 Å². The number of hydrogen-bond acceptors (Lipinski definition) is 2. The van der Waals surface area contributed by atoms with Crippen molar-refractivity contribution in [3.05, 3.63) is 33.8 Å². The van der Waals surface area contributed by atoms with Crippen molar-refractivity contribution in [2.75, 3.05) is 26.2 Å². The van der Waals surface area contributed by atoms with Crippen molar-refractivity contribution < 1.29 is 0 Å². The van der Waals surface area contributed by atoms with Crippen LogP contribution < -0.4 is 5.32 Å². The van der Waals surface area contributed by atoms with E-state index in [1.165, 1.54) is 24.8 Å². The van der Waals surface area contributed by atoms with Crippen LogP contribution in [0.15, 0.2) is 18.2 Å². The van der Waals surface area contributed by atoms with Gasteiger partial charge < -0.3 is 5.32 Å². The minimum atomic E-state index is 0.469. The van der Waals surface area contributed by atoms with Crippen LogP contribution in [0.3, 0.4) is 0 Å². The molecule has 106 valence electrons. The zero-order chi connectivity index (χ0) is 13.7. The summed E-state index contributed by atoms with van der Waals surface area (Å²) in [4.78, 5) is 2.56. The molecule has 1 N–H and O–H groups in total. The molecule has 1 aromatic carbocycles. The molecular weight excluding hydrogens is 279 g/mol. The first kappa shape index (κ1) is 15.1. The van der Waals surface area contributed by atoms with E-state index in [0.717, 1.165) is 26.2 Å². The molecule has 1 aliphatic rings. The van der Waals surface area contributed by atoms with Crippen molar-refractivity contribution in [2.45, 2.75) is 32.2 Å². The van der Waals surface area contributed by atoms with Crippen molar-refractivity contribution in [3.63, 3.8) is 0 Å². The molecule has 0 bridgehead atoms. The highest BCUT2D eigenvalue weighted by molar-refractivity contribution is 6.42. The normalized spacial score (nSPS) is 18.5. The number of unbranched alkanes of at least 4 members (excludes halogenated alkanes) is 1. The summed E-state index contributed by atoms with van der Waals surface area (Å²) in [5, 5.41) is 4.71. The Morgan fingerprint density at radius 3 is 2.58 bits per heavy atom. The minimum absolute atomic E-state index is 0.469. The molecule has 0 saturated carbocycles. The molecule has 4 heteroatoms. The Morgan fingerprint density at radius 2 is 1.95 bits per heavy atom. The maximum Gasteiger partial charge on any atom is 0.0595 e. The summed E-state index contributed by atoms with van der Waals surface area (Å²) < 4.78 is 0. The fourth-order valence-electron chi connectivity index (χ4n) is 2.67. The lowest BCUT2D eigenvalue weighted by atomic mass is 9.99. The summed E-state index contributed by atoms with van der Waals surface area (Å²) in [6.07, 6.45) is 3.66. The summed E-state index contributed by atoms with van der Waals surface area (Å²) in [5.74, 6) is 0. The van der Waals surface area contributed by atoms with Gasteiger partial charge >= 0.3 is 0 Å². The fourth-order valence-corrected chi connectivity index (χ4v) is 2.98. The van der Waals surface area contributed by atoms with Gasteiger partial charge in [0, 0.05) is 32.2 Å². The largest absolute Gasteiger partial charge is 0.314 e. The molecule has 0 amide bonds. The van der Waals surface area contributed by atoms with E-state index in [-0.39, 0.29) is 0 Å². The van der Waals surface area contributed by atoms with Crippen molar-refractivity contribution in [3.8, 4) is 0 Å². The zero-order valence-corrected chi connectivity index (χ0v) is 13.0. The molecular formula is C15H22Cl2N2.